The fraction of sp³-hybridized carbons (Fsp3) is 0.381. The molecule has 5 atom stereocenters. The van der Waals surface area contributed by atoms with Crippen LogP contribution in [0.4, 0.5) is 0 Å². The summed E-state index contributed by atoms with van der Waals surface area (Å²) in [4.78, 5) is 11.9. The number of nitrogens with one attached hydrogen (secondary N) is 1. The van der Waals surface area contributed by atoms with Gasteiger partial charge in [0.05, 0.1) is 13.7 Å². The Morgan fingerprint density at radius 2 is 1.83 bits per heavy atom. The minimum Gasteiger partial charge on any atom is -0.493 e. The van der Waals surface area contributed by atoms with E-state index in [9.17, 15) is 25.2 Å². The Bertz CT molecular complexity index is 887. The van der Waals surface area contributed by atoms with Gasteiger partial charge in [-0.25, -0.2) is 0 Å². The highest BCUT2D eigenvalue weighted by molar-refractivity contribution is 5.94. The van der Waals surface area contributed by atoms with Crippen molar-refractivity contribution < 1.29 is 39.4 Å². The second-order valence-corrected chi connectivity index (χ2v) is 6.87. The maximum atomic E-state index is 11.9. The minimum absolute atomic E-state index is 0.262. The SMILES string of the molecule is CNC(=O)c1cccc(Oc2cc([C@H]3O[C@H](CO)[C@@H](O)[C@H](O)[C@H]3O)ccc2OC)c1. The molecule has 0 aliphatic carbocycles. The van der Waals surface area contributed by atoms with Gasteiger partial charge in [-0.15, -0.1) is 0 Å². The van der Waals surface area contributed by atoms with E-state index in [0.29, 0.717) is 28.4 Å². The third-order valence-corrected chi connectivity index (χ3v) is 4.96. The Balaban J connectivity index is 1.92. The molecule has 162 valence electrons. The van der Waals surface area contributed by atoms with Gasteiger partial charge in [-0.1, -0.05) is 12.1 Å². The number of carbonyl (C=O) groups excluding carboxylic acids is 1. The van der Waals surface area contributed by atoms with E-state index >= 15 is 0 Å². The van der Waals surface area contributed by atoms with Gasteiger partial charge in [-0.2, -0.15) is 0 Å². The maximum Gasteiger partial charge on any atom is 0.251 e. The predicted molar refractivity (Wildman–Crippen MR) is 106 cm³/mol. The minimum atomic E-state index is -1.49. The lowest BCUT2D eigenvalue weighted by atomic mass is 9.91. The lowest BCUT2D eigenvalue weighted by molar-refractivity contribution is -0.231. The van der Waals surface area contributed by atoms with Gasteiger partial charge >= 0.3 is 0 Å². The first-order valence-electron chi connectivity index (χ1n) is 9.38. The van der Waals surface area contributed by atoms with E-state index in [0.717, 1.165) is 0 Å². The zero-order chi connectivity index (χ0) is 21.8. The van der Waals surface area contributed by atoms with Crippen molar-refractivity contribution in [2.45, 2.75) is 30.5 Å². The van der Waals surface area contributed by atoms with Crippen molar-refractivity contribution in [3.05, 3.63) is 53.6 Å². The monoisotopic (exact) mass is 419 g/mol. The molecule has 2 aromatic carbocycles. The highest BCUT2D eigenvalue weighted by atomic mass is 16.5. The fourth-order valence-corrected chi connectivity index (χ4v) is 3.30. The number of amides is 1. The van der Waals surface area contributed by atoms with E-state index in [-0.39, 0.29) is 5.91 Å². The topological polar surface area (TPSA) is 138 Å². The summed E-state index contributed by atoms with van der Waals surface area (Å²) in [6.45, 7) is -0.521. The van der Waals surface area contributed by atoms with Crippen LogP contribution >= 0.6 is 0 Å². The molecular formula is C21H25NO8. The molecule has 9 heteroatoms. The number of carbonyl (C=O) groups is 1. The first-order chi connectivity index (χ1) is 14.4. The summed E-state index contributed by atoms with van der Waals surface area (Å²) >= 11 is 0. The molecule has 1 saturated heterocycles. The number of benzene rings is 2. The average Bonchev–Trinajstić information content (AvgIpc) is 2.77. The average molecular weight is 419 g/mol. The molecule has 1 aliphatic rings. The van der Waals surface area contributed by atoms with Crippen molar-refractivity contribution in [3.8, 4) is 17.2 Å². The molecule has 5 N–H and O–H groups in total. The molecule has 0 spiro atoms. The smallest absolute Gasteiger partial charge is 0.251 e. The summed E-state index contributed by atoms with van der Waals surface area (Å²) in [6, 6.07) is 11.4. The molecule has 9 nitrogen and oxygen atoms in total. The van der Waals surface area contributed by atoms with Gasteiger partial charge in [-0.05, 0) is 35.9 Å². The molecule has 1 heterocycles. The van der Waals surface area contributed by atoms with Crippen LogP contribution in [0.3, 0.4) is 0 Å². The number of hydrogen-bond acceptors (Lipinski definition) is 8. The summed E-state index contributed by atoms with van der Waals surface area (Å²) in [5.74, 6) is 0.817. The van der Waals surface area contributed by atoms with E-state index in [1.165, 1.54) is 14.2 Å². The van der Waals surface area contributed by atoms with Gasteiger partial charge in [-0.3, -0.25) is 4.79 Å². The van der Waals surface area contributed by atoms with E-state index in [1.807, 2.05) is 0 Å². The van der Waals surface area contributed by atoms with Gasteiger partial charge in [0.15, 0.2) is 11.5 Å². The number of methoxy groups -OCH3 is 1. The Hall–Kier alpha value is -2.69. The van der Waals surface area contributed by atoms with E-state index in [2.05, 4.69) is 5.32 Å². The summed E-state index contributed by atoms with van der Waals surface area (Å²) < 4.78 is 16.8. The van der Waals surface area contributed by atoms with Crippen LogP contribution in [0.2, 0.25) is 0 Å². The first-order valence-corrected chi connectivity index (χ1v) is 9.38. The molecule has 1 amide bonds. The van der Waals surface area contributed by atoms with Gasteiger partial charge < -0.3 is 40.0 Å². The number of ether oxygens (including phenoxy) is 3. The van der Waals surface area contributed by atoms with E-state index in [4.69, 9.17) is 14.2 Å². The number of aliphatic hydroxyl groups is 4. The van der Waals surface area contributed by atoms with Crippen LogP contribution in [0.25, 0.3) is 0 Å². The largest absolute Gasteiger partial charge is 0.493 e. The summed E-state index contributed by atoms with van der Waals surface area (Å²) in [7, 11) is 3.00. The van der Waals surface area contributed by atoms with E-state index < -0.39 is 37.1 Å². The van der Waals surface area contributed by atoms with Crippen molar-refractivity contribution in [2.75, 3.05) is 20.8 Å². The zero-order valence-corrected chi connectivity index (χ0v) is 16.6. The lowest BCUT2D eigenvalue weighted by Crippen LogP contribution is -2.55. The third kappa shape index (κ3) is 4.40. The van der Waals surface area contributed by atoms with Crippen LogP contribution in [0.15, 0.2) is 42.5 Å². The Labute approximate surface area is 173 Å². The number of hydrogen-bond donors (Lipinski definition) is 5. The van der Waals surface area contributed by atoms with Crippen molar-refractivity contribution in [2.24, 2.45) is 0 Å². The summed E-state index contributed by atoms with van der Waals surface area (Å²) in [6.07, 6.45) is -6.38. The Kier molecular flexibility index (Phi) is 6.91. The molecule has 1 fully saturated rings. The van der Waals surface area contributed by atoms with E-state index in [1.54, 1.807) is 42.5 Å². The van der Waals surface area contributed by atoms with Crippen molar-refractivity contribution in [1.82, 2.24) is 5.32 Å². The molecule has 3 rings (SSSR count). The van der Waals surface area contributed by atoms with Crippen LogP contribution in [-0.4, -0.2) is 71.5 Å². The summed E-state index contributed by atoms with van der Waals surface area (Å²) in [5, 5.41) is 42.3. The highest BCUT2D eigenvalue weighted by Gasteiger charge is 2.44. The molecule has 0 aromatic heterocycles. The van der Waals surface area contributed by atoms with Crippen molar-refractivity contribution >= 4 is 5.91 Å². The van der Waals surface area contributed by atoms with Gasteiger partial charge in [0.25, 0.3) is 5.91 Å². The quantitative estimate of drug-likeness (QED) is 0.453. The third-order valence-electron chi connectivity index (χ3n) is 4.96. The van der Waals surface area contributed by atoms with Gasteiger partial charge in [0.2, 0.25) is 0 Å². The normalized spacial score (nSPS) is 26.1. The molecule has 0 radical (unpaired) electrons. The first kappa shape index (κ1) is 22.0. The van der Waals surface area contributed by atoms with Crippen LogP contribution < -0.4 is 14.8 Å². The van der Waals surface area contributed by atoms with Crippen LogP contribution in [-0.2, 0) is 4.74 Å². The number of aliphatic hydroxyl groups excluding tert-OH is 4. The number of rotatable bonds is 6. The molecular weight excluding hydrogens is 394 g/mol. The van der Waals surface area contributed by atoms with Crippen LogP contribution in [0.5, 0.6) is 17.2 Å². The molecule has 0 bridgehead atoms. The lowest BCUT2D eigenvalue weighted by Gasteiger charge is -2.40. The fourth-order valence-electron chi connectivity index (χ4n) is 3.30. The van der Waals surface area contributed by atoms with Crippen molar-refractivity contribution in [3.63, 3.8) is 0 Å². The second kappa shape index (κ2) is 9.41. The maximum absolute atomic E-state index is 11.9. The second-order valence-electron chi connectivity index (χ2n) is 6.87. The molecule has 1 aliphatic heterocycles. The van der Waals surface area contributed by atoms with Crippen LogP contribution in [0, 0.1) is 0 Å². The zero-order valence-electron chi connectivity index (χ0n) is 16.6. The summed E-state index contributed by atoms with van der Waals surface area (Å²) in [5.41, 5.74) is 0.865. The molecule has 0 saturated carbocycles. The highest BCUT2D eigenvalue weighted by Crippen LogP contribution is 2.38. The van der Waals surface area contributed by atoms with Crippen LogP contribution in [0.1, 0.15) is 22.0 Å². The van der Waals surface area contributed by atoms with Gasteiger partial charge in [0.1, 0.15) is 36.3 Å². The predicted octanol–water partition coefficient (Wildman–Crippen LogP) is 0.362. The van der Waals surface area contributed by atoms with Crippen molar-refractivity contribution in [1.29, 1.82) is 0 Å². The molecule has 30 heavy (non-hydrogen) atoms. The standard InChI is InChI=1S/C21H25NO8/c1-22-21(27)12-4-3-5-13(8-12)29-15-9-11(6-7-14(15)28-2)20-19(26)18(25)17(24)16(10-23)30-20/h3-9,16-20,23-26H,10H2,1-2H3,(H,22,27)/t16-,17-,18+,19-,20-/m1/s1. The van der Waals surface area contributed by atoms with Gasteiger partial charge in [0, 0.05) is 12.6 Å². The molecule has 0 unspecified atom stereocenters. The Morgan fingerprint density at radius 3 is 2.50 bits per heavy atom. The Morgan fingerprint density at radius 1 is 1.07 bits per heavy atom. The molecule has 2 aromatic rings.